The summed E-state index contributed by atoms with van der Waals surface area (Å²) >= 11 is 6.01. The maximum absolute atomic E-state index is 13.5. The van der Waals surface area contributed by atoms with E-state index in [2.05, 4.69) is 0 Å². The zero-order valence-electron chi connectivity index (χ0n) is 20.6. The predicted octanol–water partition coefficient (Wildman–Crippen LogP) is 4.20. The molecule has 0 bridgehead atoms. The number of ether oxygens (including phenoxy) is 1. The van der Waals surface area contributed by atoms with E-state index in [9.17, 15) is 18.8 Å². The second-order valence-corrected chi connectivity index (χ2v) is 9.47. The summed E-state index contributed by atoms with van der Waals surface area (Å²) < 4.78 is 24.2. The van der Waals surface area contributed by atoms with Crippen LogP contribution in [0.4, 0.5) is 4.39 Å². The van der Waals surface area contributed by atoms with Crippen LogP contribution in [-0.2, 0) is 27.4 Å². The third-order valence-electron chi connectivity index (χ3n) is 5.84. The zero-order valence-corrected chi connectivity index (χ0v) is 21.4. The molecule has 0 aliphatic rings. The third kappa shape index (κ3) is 6.71. The predicted molar refractivity (Wildman–Crippen MR) is 136 cm³/mol. The van der Waals surface area contributed by atoms with Crippen LogP contribution < -0.4 is 5.43 Å². The second-order valence-electron chi connectivity index (χ2n) is 9.20. The third-order valence-corrected chi connectivity index (χ3v) is 6.51. The first-order chi connectivity index (χ1) is 17.2. The van der Waals surface area contributed by atoms with Crippen LogP contribution in [0.5, 0.6) is 0 Å². The molecule has 7 nitrogen and oxygen atoms in total. The van der Waals surface area contributed by atoms with Gasteiger partial charge in [-0.1, -0.05) is 24.3 Å². The van der Waals surface area contributed by atoms with Crippen LogP contribution in [-0.4, -0.2) is 54.3 Å². The fourth-order valence-electron chi connectivity index (χ4n) is 3.68. The Kier molecular flexibility index (Phi) is 9.23. The summed E-state index contributed by atoms with van der Waals surface area (Å²) in [5.74, 6) is -0.982. The maximum atomic E-state index is 13.5. The lowest BCUT2D eigenvalue weighted by Gasteiger charge is -2.32. The summed E-state index contributed by atoms with van der Waals surface area (Å²) in [6.45, 7) is 3.69. The lowest BCUT2D eigenvalue weighted by atomic mass is 9.94. The van der Waals surface area contributed by atoms with Crippen molar-refractivity contribution in [2.75, 3.05) is 32.7 Å². The van der Waals surface area contributed by atoms with Crippen molar-refractivity contribution in [2.45, 2.75) is 26.9 Å². The van der Waals surface area contributed by atoms with E-state index in [0.717, 1.165) is 0 Å². The number of hydrogen-bond acceptors (Lipinski definition) is 5. The molecule has 0 aliphatic carbocycles. The highest BCUT2D eigenvalue weighted by Crippen LogP contribution is 2.21. The number of carbonyl (C=O) groups is 2. The van der Waals surface area contributed by atoms with Gasteiger partial charge in [-0.15, -0.1) is 11.6 Å². The first-order valence-corrected chi connectivity index (χ1v) is 12.1. The lowest BCUT2D eigenvalue weighted by Crippen LogP contribution is -2.48. The molecule has 0 fully saturated rings. The van der Waals surface area contributed by atoms with Gasteiger partial charge < -0.3 is 19.0 Å². The number of alkyl halides is 1. The molecule has 36 heavy (non-hydrogen) atoms. The van der Waals surface area contributed by atoms with E-state index in [0.29, 0.717) is 22.1 Å². The smallest absolute Gasteiger partial charge is 0.242 e. The van der Waals surface area contributed by atoms with E-state index >= 15 is 0 Å². The van der Waals surface area contributed by atoms with Crippen molar-refractivity contribution in [1.29, 1.82) is 0 Å². The number of carbonyl (C=O) groups excluding carboxylic acids is 2. The molecule has 0 saturated heterocycles. The van der Waals surface area contributed by atoms with E-state index in [-0.39, 0.29) is 55.9 Å². The quantitative estimate of drug-likeness (QED) is 0.357. The summed E-state index contributed by atoms with van der Waals surface area (Å²) in [7, 11) is 1.51. The molecule has 0 spiro atoms. The normalized spacial score (nSPS) is 11.5. The summed E-state index contributed by atoms with van der Waals surface area (Å²) in [6.07, 6.45) is 1.35. The Morgan fingerprint density at radius 1 is 1.06 bits per heavy atom. The molecule has 0 saturated carbocycles. The van der Waals surface area contributed by atoms with E-state index in [1.165, 1.54) is 35.3 Å². The highest BCUT2D eigenvalue weighted by molar-refractivity contribution is 6.19. The van der Waals surface area contributed by atoms with Gasteiger partial charge in [0.1, 0.15) is 11.4 Å². The fourth-order valence-corrected chi connectivity index (χ4v) is 3.79. The summed E-state index contributed by atoms with van der Waals surface area (Å²) in [6, 6.07) is 12.6. The molecule has 2 amide bonds. The first-order valence-electron chi connectivity index (χ1n) is 11.5. The van der Waals surface area contributed by atoms with Gasteiger partial charge in [-0.3, -0.25) is 14.4 Å². The van der Waals surface area contributed by atoms with Crippen molar-refractivity contribution >= 4 is 34.4 Å². The zero-order chi connectivity index (χ0) is 26.3. The van der Waals surface area contributed by atoms with Crippen LogP contribution in [0.25, 0.3) is 11.0 Å². The van der Waals surface area contributed by atoms with Crippen molar-refractivity contribution in [3.8, 4) is 0 Å². The molecule has 0 atom stereocenters. The van der Waals surface area contributed by atoms with Gasteiger partial charge in [0, 0.05) is 26.1 Å². The van der Waals surface area contributed by atoms with Crippen molar-refractivity contribution in [3.63, 3.8) is 0 Å². The maximum Gasteiger partial charge on any atom is 0.242 e. The Hall–Kier alpha value is -3.23. The van der Waals surface area contributed by atoms with Gasteiger partial charge in [0.25, 0.3) is 0 Å². The highest BCUT2D eigenvalue weighted by Gasteiger charge is 2.33. The molecule has 3 aromatic rings. The monoisotopic (exact) mass is 516 g/mol. The van der Waals surface area contributed by atoms with Gasteiger partial charge in [0.2, 0.25) is 11.8 Å². The number of fused-ring (bicyclic) bond motifs is 1. The van der Waals surface area contributed by atoms with Gasteiger partial charge >= 0.3 is 0 Å². The van der Waals surface area contributed by atoms with E-state index in [1.807, 2.05) is 0 Å². The van der Waals surface area contributed by atoms with Crippen molar-refractivity contribution in [3.05, 3.63) is 82.0 Å². The van der Waals surface area contributed by atoms with Crippen LogP contribution in [0.1, 0.15) is 25.0 Å². The molecule has 0 aliphatic heterocycles. The molecule has 0 unspecified atom stereocenters. The molecule has 9 heteroatoms. The molecule has 1 heterocycles. The second kappa shape index (κ2) is 12.1. The Morgan fingerprint density at radius 2 is 1.75 bits per heavy atom. The first kappa shape index (κ1) is 27.4. The average molecular weight is 517 g/mol. The number of halogens is 2. The van der Waals surface area contributed by atoms with Crippen molar-refractivity contribution < 1.29 is 23.1 Å². The Balaban J connectivity index is 1.92. The van der Waals surface area contributed by atoms with Crippen LogP contribution in [0, 0.1) is 11.2 Å². The minimum absolute atomic E-state index is 0.0470. The number of benzene rings is 2. The topological polar surface area (TPSA) is 80.1 Å². The van der Waals surface area contributed by atoms with Gasteiger partial charge in [-0.2, -0.15) is 0 Å². The Morgan fingerprint density at radius 3 is 2.42 bits per heavy atom. The fraction of sp³-hybridized carbons (Fsp3) is 0.370. The summed E-state index contributed by atoms with van der Waals surface area (Å²) in [5, 5.41) is 0.407. The van der Waals surface area contributed by atoms with Crippen LogP contribution in [0.2, 0.25) is 0 Å². The van der Waals surface area contributed by atoms with Gasteiger partial charge in [0.15, 0.2) is 5.43 Å². The average Bonchev–Trinajstić information content (AvgIpc) is 2.88. The number of nitrogens with zero attached hydrogens (tertiary/aromatic N) is 2. The Bertz CT molecular complexity index is 1260. The standard InChI is InChI=1S/C27H30ClFN2O5/c1-27(2,18-28)26(34)30(12-13-35-3)16-24(32)31(14-19-8-10-21(29)11-9-19)15-20-17-36-23-7-5-4-6-22(23)25(20)33/h4-11,17H,12-16,18H2,1-3H3. The summed E-state index contributed by atoms with van der Waals surface area (Å²) in [5.41, 5.74) is 0.286. The molecule has 0 radical (unpaired) electrons. The van der Waals surface area contributed by atoms with Crippen LogP contribution >= 0.6 is 11.6 Å². The number of amides is 2. The number of para-hydroxylation sites is 1. The number of rotatable bonds is 11. The molecule has 192 valence electrons. The minimum Gasteiger partial charge on any atom is -0.464 e. The minimum atomic E-state index is -0.878. The van der Waals surface area contributed by atoms with E-state index < -0.39 is 11.2 Å². The number of methoxy groups -OCH3 is 1. The van der Waals surface area contributed by atoms with Crippen LogP contribution in [0.15, 0.2) is 64.0 Å². The SMILES string of the molecule is COCCN(CC(=O)N(Cc1ccc(F)cc1)Cc1coc2ccccc2c1=O)C(=O)C(C)(C)CCl. The highest BCUT2D eigenvalue weighted by atomic mass is 35.5. The molecular weight excluding hydrogens is 487 g/mol. The molecule has 2 aromatic carbocycles. The Labute approximate surface area is 214 Å². The van der Waals surface area contributed by atoms with Crippen LogP contribution in [0.3, 0.4) is 0 Å². The number of hydrogen-bond donors (Lipinski definition) is 0. The van der Waals surface area contributed by atoms with Gasteiger partial charge in [0.05, 0.1) is 42.3 Å². The molecule has 1 aromatic heterocycles. The molecule has 3 rings (SSSR count). The van der Waals surface area contributed by atoms with Gasteiger partial charge in [-0.25, -0.2) is 4.39 Å². The molecule has 0 N–H and O–H groups in total. The van der Waals surface area contributed by atoms with E-state index in [1.54, 1.807) is 50.2 Å². The van der Waals surface area contributed by atoms with Crippen molar-refractivity contribution in [2.24, 2.45) is 5.41 Å². The molecular formula is C27H30ClFN2O5. The largest absolute Gasteiger partial charge is 0.464 e. The van der Waals surface area contributed by atoms with Gasteiger partial charge in [-0.05, 0) is 43.7 Å². The van der Waals surface area contributed by atoms with E-state index in [4.69, 9.17) is 20.8 Å². The lowest BCUT2D eigenvalue weighted by molar-refractivity contribution is -0.146. The van der Waals surface area contributed by atoms with Crippen molar-refractivity contribution in [1.82, 2.24) is 9.80 Å². The summed E-state index contributed by atoms with van der Waals surface area (Å²) in [4.78, 5) is 42.6.